The largest absolute Gasteiger partial charge is 0.469 e. The van der Waals surface area contributed by atoms with Crippen LogP contribution in [0.5, 0.6) is 0 Å². The van der Waals surface area contributed by atoms with Gasteiger partial charge in [0.2, 0.25) is 11.7 Å². The second-order valence-corrected chi connectivity index (χ2v) is 3.15. The highest BCUT2D eigenvalue weighted by atomic mass is 16.5. The minimum Gasteiger partial charge on any atom is -0.469 e. The molecule has 7 nitrogen and oxygen atoms in total. The predicted molar refractivity (Wildman–Crippen MR) is 52.2 cm³/mol. The van der Waals surface area contributed by atoms with Gasteiger partial charge in [-0.25, -0.2) is 4.98 Å². The standard InChI is InChI=1S/C9H10N4O3/c1-13-5-10-4-6(13)9-11-7(16-12-9)3-8(14)15-2/h4-5H,3H2,1-2H3. The van der Waals surface area contributed by atoms with Gasteiger partial charge in [-0.05, 0) is 0 Å². The minimum atomic E-state index is -0.416. The van der Waals surface area contributed by atoms with Crippen molar-refractivity contribution >= 4 is 5.97 Å². The summed E-state index contributed by atoms with van der Waals surface area (Å²) in [4.78, 5) is 19.0. The summed E-state index contributed by atoms with van der Waals surface area (Å²) < 4.78 is 11.2. The van der Waals surface area contributed by atoms with Crippen LogP contribution in [0.4, 0.5) is 0 Å². The Hall–Kier alpha value is -2.18. The summed E-state index contributed by atoms with van der Waals surface area (Å²) in [5.74, 6) is 0.210. The molecule has 0 amide bonds. The van der Waals surface area contributed by atoms with Crippen molar-refractivity contribution in [1.29, 1.82) is 0 Å². The molecule has 7 heteroatoms. The molecule has 0 aliphatic rings. The van der Waals surface area contributed by atoms with Crippen LogP contribution in [0.2, 0.25) is 0 Å². The summed E-state index contributed by atoms with van der Waals surface area (Å²) in [6, 6.07) is 0. The molecule has 0 aliphatic carbocycles. The van der Waals surface area contributed by atoms with Gasteiger partial charge >= 0.3 is 5.97 Å². The minimum absolute atomic E-state index is 0.0264. The zero-order valence-corrected chi connectivity index (χ0v) is 8.88. The van der Waals surface area contributed by atoms with Crippen LogP contribution in [0.3, 0.4) is 0 Å². The molecule has 0 saturated carbocycles. The van der Waals surface area contributed by atoms with E-state index >= 15 is 0 Å². The van der Waals surface area contributed by atoms with Gasteiger partial charge in [-0.1, -0.05) is 5.16 Å². The van der Waals surface area contributed by atoms with Crippen molar-refractivity contribution in [2.45, 2.75) is 6.42 Å². The summed E-state index contributed by atoms with van der Waals surface area (Å²) in [6.07, 6.45) is 3.22. The van der Waals surface area contributed by atoms with Crippen LogP contribution in [0.1, 0.15) is 5.89 Å². The van der Waals surface area contributed by atoms with Crippen LogP contribution in [-0.4, -0.2) is 32.8 Å². The summed E-state index contributed by atoms with van der Waals surface area (Å²) in [5.41, 5.74) is 0.722. The first-order valence-corrected chi connectivity index (χ1v) is 4.57. The van der Waals surface area contributed by atoms with Gasteiger partial charge in [0.1, 0.15) is 12.1 Å². The van der Waals surface area contributed by atoms with Crippen molar-refractivity contribution in [3.8, 4) is 11.5 Å². The van der Waals surface area contributed by atoms with E-state index in [2.05, 4.69) is 19.9 Å². The number of nitrogens with zero attached hydrogens (tertiary/aromatic N) is 4. The maximum absolute atomic E-state index is 11.0. The molecular weight excluding hydrogens is 212 g/mol. The van der Waals surface area contributed by atoms with E-state index in [1.54, 1.807) is 17.1 Å². The number of methoxy groups -OCH3 is 1. The van der Waals surface area contributed by atoms with Crippen LogP contribution < -0.4 is 0 Å². The SMILES string of the molecule is COC(=O)Cc1nc(-c2cncn2C)no1. The number of rotatable bonds is 3. The lowest BCUT2D eigenvalue weighted by Gasteiger charge is -1.93. The smallest absolute Gasteiger partial charge is 0.315 e. The van der Waals surface area contributed by atoms with E-state index in [9.17, 15) is 4.79 Å². The van der Waals surface area contributed by atoms with Crippen LogP contribution in [-0.2, 0) is 23.0 Å². The molecule has 0 atom stereocenters. The first-order chi connectivity index (χ1) is 7.70. The molecule has 0 unspecified atom stereocenters. The predicted octanol–water partition coefficient (Wildman–Crippen LogP) is 0.186. The molecule has 84 valence electrons. The van der Waals surface area contributed by atoms with Crippen molar-refractivity contribution in [2.75, 3.05) is 7.11 Å². The highest BCUT2D eigenvalue weighted by Gasteiger charge is 2.14. The van der Waals surface area contributed by atoms with E-state index in [0.717, 1.165) is 5.69 Å². The number of hydrogen-bond donors (Lipinski definition) is 0. The molecule has 16 heavy (non-hydrogen) atoms. The molecule has 0 aliphatic heterocycles. The molecule has 2 heterocycles. The third kappa shape index (κ3) is 1.92. The summed E-state index contributed by atoms with van der Waals surface area (Å²) in [5, 5.41) is 3.75. The normalized spacial score (nSPS) is 10.4. The zero-order valence-electron chi connectivity index (χ0n) is 8.88. The van der Waals surface area contributed by atoms with Gasteiger partial charge in [0.25, 0.3) is 0 Å². The quantitative estimate of drug-likeness (QED) is 0.689. The van der Waals surface area contributed by atoms with Crippen LogP contribution >= 0.6 is 0 Å². The van der Waals surface area contributed by atoms with E-state index in [0.29, 0.717) is 5.82 Å². The highest BCUT2D eigenvalue weighted by Crippen LogP contribution is 2.14. The van der Waals surface area contributed by atoms with E-state index in [-0.39, 0.29) is 12.3 Å². The monoisotopic (exact) mass is 222 g/mol. The lowest BCUT2D eigenvalue weighted by Crippen LogP contribution is -2.04. The average Bonchev–Trinajstić information content (AvgIpc) is 2.86. The number of hydrogen-bond acceptors (Lipinski definition) is 6. The van der Waals surface area contributed by atoms with Gasteiger partial charge in [-0.15, -0.1) is 0 Å². The lowest BCUT2D eigenvalue weighted by atomic mass is 10.4. The maximum atomic E-state index is 11.0. The summed E-state index contributed by atoms with van der Waals surface area (Å²) >= 11 is 0. The molecule has 2 rings (SSSR count). The van der Waals surface area contributed by atoms with E-state index in [1.165, 1.54) is 7.11 Å². The molecule has 2 aromatic rings. The van der Waals surface area contributed by atoms with Crippen LogP contribution in [0.15, 0.2) is 17.0 Å². The first kappa shape index (κ1) is 10.3. The number of ether oxygens (including phenoxy) is 1. The zero-order chi connectivity index (χ0) is 11.5. The Bertz CT molecular complexity index is 502. The molecular formula is C9H10N4O3. The fourth-order valence-corrected chi connectivity index (χ4v) is 1.20. The van der Waals surface area contributed by atoms with E-state index in [1.807, 2.05) is 7.05 Å². The Morgan fingerprint density at radius 2 is 2.44 bits per heavy atom. The van der Waals surface area contributed by atoms with Crippen molar-refractivity contribution in [3.05, 3.63) is 18.4 Å². The van der Waals surface area contributed by atoms with E-state index < -0.39 is 5.97 Å². The maximum Gasteiger partial charge on any atom is 0.315 e. The van der Waals surface area contributed by atoms with Crippen molar-refractivity contribution < 1.29 is 14.1 Å². The number of carbonyl (C=O) groups is 1. The molecule has 0 saturated heterocycles. The second-order valence-electron chi connectivity index (χ2n) is 3.15. The van der Waals surface area contributed by atoms with Gasteiger partial charge < -0.3 is 13.8 Å². The fourth-order valence-electron chi connectivity index (χ4n) is 1.20. The first-order valence-electron chi connectivity index (χ1n) is 4.57. The van der Waals surface area contributed by atoms with Crippen molar-refractivity contribution in [2.24, 2.45) is 7.05 Å². The van der Waals surface area contributed by atoms with Crippen LogP contribution in [0.25, 0.3) is 11.5 Å². The molecule has 0 radical (unpaired) electrons. The van der Waals surface area contributed by atoms with Gasteiger partial charge in [0, 0.05) is 7.05 Å². The molecule has 0 aromatic carbocycles. The Labute approximate surface area is 91.0 Å². The third-order valence-corrected chi connectivity index (χ3v) is 2.04. The summed E-state index contributed by atoms with van der Waals surface area (Å²) in [7, 11) is 3.12. The Balaban J connectivity index is 2.20. The highest BCUT2D eigenvalue weighted by molar-refractivity contribution is 5.71. The van der Waals surface area contributed by atoms with Gasteiger partial charge in [-0.2, -0.15) is 4.98 Å². The number of aryl methyl sites for hydroxylation is 1. The van der Waals surface area contributed by atoms with Gasteiger partial charge in [0.05, 0.1) is 19.6 Å². The Morgan fingerprint density at radius 3 is 3.06 bits per heavy atom. The molecule has 0 fully saturated rings. The topological polar surface area (TPSA) is 83.0 Å². The summed E-state index contributed by atoms with van der Waals surface area (Å²) in [6.45, 7) is 0. The number of esters is 1. The van der Waals surface area contributed by atoms with Gasteiger partial charge in [0.15, 0.2) is 0 Å². The Kier molecular flexibility index (Phi) is 2.67. The molecule has 0 bridgehead atoms. The van der Waals surface area contributed by atoms with Crippen molar-refractivity contribution in [3.63, 3.8) is 0 Å². The second kappa shape index (κ2) is 4.13. The Morgan fingerprint density at radius 1 is 1.62 bits per heavy atom. The number of carbonyl (C=O) groups excluding carboxylic acids is 1. The molecule has 0 N–H and O–H groups in total. The lowest BCUT2D eigenvalue weighted by molar-refractivity contribution is -0.140. The average molecular weight is 222 g/mol. The fraction of sp³-hybridized carbons (Fsp3) is 0.333. The van der Waals surface area contributed by atoms with Crippen molar-refractivity contribution in [1.82, 2.24) is 19.7 Å². The molecule has 0 spiro atoms. The number of aromatic nitrogens is 4. The van der Waals surface area contributed by atoms with E-state index in [4.69, 9.17) is 4.52 Å². The van der Waals surface area contributed by atoms with Gasteiger partial charge in [-0.3, -0.25) is 4.79 Å². The molecule has 2 aromatic heterocycles. The third-order valence-electron chi connectivity index (χ3n) is 2.04. The number of imidazole rings is 1. The van der Waals surface area contributed by atoms with Crippen LogP contribution in [0, 0.1) is 0 Å².